The third kappa shape index (κ3) is 3.19. The summed E-state index contributed by atoms with van der Waals surface area (Å²) < 4.78 is 0. The van der Waals surface area contributed by atoms with E-state index in [1.54, 1.807) is 24.3 Å². The molecule has 0 spiro atoms. The van der Waals surface area contributed by atoms with Gasteiger partial charge in [0.1, 0.15) is 0 Å². The highest BCUT2D eigenvalue weighted by molar-refractivity contribution is 5.91. The van der Waals surface area contributed by atoms with Gasteiger partial charge in [0.25, 0.3) is 5.69 Å². The fourth-order valence-corrected chi connectivity index (χ4v) is 1.81. The van der Waals surface area contributed by atoms with Gasteiger partial charge in [-0.1, -0.05) is 25.1 Å². The van der Waals surface area contributed by atoms with Gasteiger partial charge in [0.2, 0.25) is 5.91 Å². The number of rotatable bonds is 5. The Bertz CT molecular complexity index is 636. The maximum Gasteiger partial charge on any atom is 0.273 e. The van der Waals surface area contributed by atoms with Crippen LogP contribution in [0, 0.1) is 10.1 Å². The van der Waals surface area contributed by atoms with E-state index in [4.69, 9.17) is 0 Å². The molecule has 7 nitrogen and oxygen atoms in total. The highest BCUT2D eigenvalue weighted by atomic mass is 16.6. The summed E-state index contributed by atoms with van der Waals surface area (Å²) in [5, 5.41) is 20.2. The van der Waals surface area contributed by atoms with Crippen molar-refractivity contribution in [3.8, 4) is 0 Å². The van der Waals surface area contributed by atoms with E-state index in [0.29, 0.717) is 11.4 Å². The number of hydrogen-bond acceptors (Lipinski definition) is 4. The van der Waals surface area contributed by atoms with E-state index in [1.807, 2.05) is 6.92 Å². The van der Waals surface area contributed by atoms with Crippen LogP contribution in [0.4, 0.5) is 11.5 Å². The van der Waals surface area contributed by atoms with Crippen molar-refractivity contribution in [2.45, 2.75) is 19.8 Å². The van der Waals surface area contributed by atoms with Crippen molar-refractivity contribution in [2.24, 2.45) is 0 Å². The van der Waals surface area contributed by atoms with Gasteiger partial charge in [-0.05, 0) is 6.42 Å². The fourth-order valence-electron chi connectivity index (χ4n) is 1.81. The number of nitrogens with zero attached hydrogens (tertiary/aromatic N) is 2. The molecule has 0 aliphatic rings. The zero-order valence-corrected chi connectivity index (χ0v) is 10.9. The van der Waals surface area contributed by atoms with Gasteiger partial charge in [-0.25, -0.2) is 0 Å². The first-order chi connectivity index (χ1) is 9.60. The number of carbonyl (C=O) groups excluding carboxylic acids is 1. The molecule has 0 fully saturated rings. The second-order valence-electron chi connectivity index (χ2n) is 4.24. The number of nitro benzene ring substituents is 1. The van der Waals surface area contributed by atoms with Crippen LogP contribution in [0.1, 0.15) is 18.2 Å². The van der Waals surface area contributed by atoms with Crippen molar-refractivity contribution in [2.75, 3.05) is 5.32 Å². The van der Waals surface area contributed by atoms with Crippen LogP contribution in [-0.4, -0.2) is 21.0 Å². The Hall–Kier alpha value is -2.70. The van der Waals surface area contributed by atoms with Crippen LogP contribution in [0.25, 0.3) is 0 Å². The number of nitrogens with one attached hydrogen (secondary N) is 2. The first-order valence-corrected chi connectivity index (χ1v) is 6.16. The highest BCUT2D eigenvalue weighted by Crippen LogP contribution is 2.18. The lowest BCUT2D eigenvalue weighted by atomic mass is 10.1. The Labute approximate surface area is 115 Å². The number of H-pyrrole nitrogens is 1. The summed E-state index contributed by atoms with van der Waals surface area (Å²) in [6.07, 6.45) is 0.721. The van der Waals surface area contributed by atoms with Gasteiger partial charge in [-0.3, -0.25) is 20.0 Å². The van der Waals surface area contributed by atoms with Crippen molar-refractivity contribution in [3.63, 3.8) is 0 Å². The summed E-state index contributed by atoms with van der Waals surface area (Å²) in [6, 6.07) is 7.92. The van der Waals surface area contributed by atoms with Crippen molar-refractivity contribution in [1.29, 1.82) is 0 Å². The number of nitro groups is 1. The molecule has 7 heteroatoms. The summed E-state index contributed by atoms with van der Waals surface area (Å²) in [4.78, 5) is 22.2. The van der Waals surface area contributed by atoms with E-state index >= 15 is 0 Å². The lowest BCUT2D eigenvalue weighted by molar-refractivity contribution is -0.385. The molecule has 0 atom stereocenters. The molecule has 2 N–H and O–H groups in total. The zero-order chi connectivity index (χ0) is 14.5. The third-order valence-electron chi connectivity index (χ3n) is 2.82. The molecular formula is C13H14N4O3. The lowest BCUT2D eigenvalue weighted by Gasteiger charge is -2.03. The molecule has 0 aliphatic heterocycles. The number of anilines is 1. The molecular weight excluding hydrogens is 260 g/mol. The Morgan fingerprint density at radius 2 is 2.20 bits per heavy atom. The average Bonchev–Trinajstić information content (AvgIpc) is 2.86. The summed E-state index contributed by atoms with van der Waals surface area (Å²) in [5.74, 6) is 0.0823. The Morgan fingerprint density at radius 1 is 1.45 bits per heavy atom. The smallest absolute Gasteiger partial charge is 0.273 e. The lowest BCUT2D eigenvalue weighted by Crippen LogP contribution is -2.15. The number of aromatic nitrogens is 2. The molecule has 1 amide bonds. The number of amides is 1. The summed E-state index contributed by atoms with van der Waals surface area (Å²) in [7, 11) is 0. The molecule has 0 radical (unpaired) electrons. The Kier molecular flexibility index (Phi) is 4.09. The number of hydrogen-bond donors (Lipinski definition) is 2. The van der Waals surface area contributed by atoms with Gasteiger partial charge >= 0.3 is 0 Å². The first-order valence-electron chi connectivity index (χ1n) is 6.16. The van der Waals surface area contributed by atoms with Crippen molar-refractivity contribution in [1.82, 2.24) is 10.2 Å². The monoisotopic (exact) mass is 274 g/mol. The number of para-hydroxylation sites is 1. The Morgan fingerprint density at radius 3 is 2.85 bits per heavy atom. The molecule has 1 aromatic carbocycles. The number of aromatic amines is 1. The molecule has 0 unspecified atom stereocenters. The Balaban J connectivity index is 2.06. The van der Waals surface area contributed by atoms with Crippen LogP contribution in [0.3, 0.4) is 0 Å². The topological polar surface area (TPSA) is 101 Å². The zero-order valence-electron chi connectivity index (χ0n) is 10.9. The molecule has 0 bridgehead atoms. The predicted octanol–water partition coefficient (Wildman–Crippen LogP) is 2.06. The van der Waals surface area contributed by atoms with Crippen molar-refractivity contribution >= 4 is 17.4 Å². The van der Waals surface area contributed by atoms with Crippen LogP contribution in [0.2, 0.25) is 0 Å². The minimum Gasteiger partial charge on any atom is -0.309 e. The van der Waals surface area contributed by atoms with E-state index in [9.17, 15) is 14.9 Å². The molecule has 1 heterocycles. The summed E-state index contributed by atoms with van der Waals surface area (Å²) in [6.45, 7) is 1.96. The molecule has 2 aromatic rings. The van der Waals surface area contributed by atoms with E-state index < -0.39 is 4.92 Å². The van der Waals surface area contributed by atoms with E-state index in [2.05, 4.69) is 15.5 Å². The minimum absolute atomic E-state index is 0.0566. The maximum absolute atomic E-state index is 11.9. The van der Waals surface area contributed by atoms with Crippen LogP contribution >= 0.6 is 0 Å². The molecule has 0 saturated carbocycles. The standard InChI is InChI=1S/C13H14N4O3/c1-2-10-8-12(16-15-10)14-13(18)7-9-5-3-4-6-11(9)17(19)20/h3-6,8H,2,7H2,1H3,(H2,14,15,16,18). The van der Waals surface area contributed by atoms with E-state index in [1.165, 1.54) is 6.07 Å². The van der Waals surface area contributed by atoms with Gasteiger partial charge in [-0.2, -0.15) is 5.10 Å². The fraction of sp³-hybridized carbons (Fsp3) is 0.231. The largest absolute Gasteiger partial charge is 0.309 e. The van der Waals surface area contributed by atoms with Crippen molar-refractivity contribution in [3.05, 3.63) is 51.7 Å². The highest BCUT2D eigenvalue weighted by Gasteiger charge is 2.16. The van der Waals surface area contributed by atoms with Crippen LogP contribution in [0.5, 0.6) is 0 Å². The van der Waals surface area contributed by atoms with Gasteiger partial charge in [-0.15, -0.1) is 0 Å². The second kappa shape index (κ2) is 5.96. The first kappa shape index (κ1) is 13.7. The molecule has 0 aliphatic carbocycles. The molecule has 1 aromatic heterocycles. The van der Waals surface area contributed by atoms with Gasteiger partial charge in [0.15, 0.2) is 5.82 Å². The van der Waals surface area contributed by atoms with Gasteiger partial charge < -0.3 is 5.32 Å². The number of aryl methyl sites for hydroxylation is 1. The van der Waals surface area contributed by atoms with Crippen molar-refractivity contribution < 1.29 is 9.72 Å². The predicted molar refractivity (Wildman–Crippen MR) is 73.4 cm³/mol. The van der Waals surface area contributed by atoms with Crippen LogP contribution in [0.15, 0.2) is 30.3 Å². The SMILES string of the molecule is CCc1cc(NC(=O)Cc2ccccc2[N+](=O)[O-])n[nH]1. The molecule has 20 heavy (non-hydrogen) atoms. The normalized spacial score (nSPS) is 10.2. The summed E-state index contributed by atoms with van der Waals surface area (Å²) >= 11 is 0. The maximum atomic E-state index is 11.9. The van der Waals surface area contributed by atoms with E-state index in [0.717, 1.165) is 12.1 Å². The van der Waals surface area contributed by atoms with E-state index in [-0.39, 0.29) is 18.0 Å². The second-order valence-corrected chi connectivity index (χ2v) is 4.24. The molecule has 2 rings (SSSR count). The number of carbonyl (C=O) groups is 1. The molecule has 0 saturated heterocycles. The third-order valence-corrected chi connectivity index (χ3v) is 2.82. The molecule has 104 valence electrons. The number of benzene rings is 1. The van der Waals surface area contributed by atoms with Crippen LogP contribution in [-0.2, 0) is 17.6 Å². The summed E-state index contributed by atoms with van der Waals surface area (Å²) in [5.41, 5.74) is 1.23. The average molecular weight is 274 g/mol. The van der Waals surface area contributed by atoms with Gasteiger partial charge in [0.05, 0.1) is 11.3 Å². The van der Waals surface area contributed by atoms with Crippen LogP contribution < -0.4 is 5.32 Å². The van der Waals surface area contributed by atoms with Gasteiger partial charge in [0, 0.05) is 23.4 Å². The quantitative estimate of drug-likeness (QED) is 0.643. The minimum atomic E-state index is -0.494.